The Morgan fingerprint density at radius 2 is 1.97 bits per heavy atom. The molecular formula is C21H21N7O. The molecule has 0 amide bonds. The summed E-state index contributed by atoms with van der Waals surface area (Å²) in [7, 11) is 0. The molecule has 1 fully saturated rings. The Morgan fingerprint density at radius 1 is 1.10 bits per heavy atom. The van der Waals surface area contributed by atoms with E-state index in [1.54, 1.807) is 35.4 Å². The molecule has 0 saturated carbocycles. The Hall–Kier alpha value is -3.55. The van der Waals surface area contributed by atoms with Crippen molar-refractivity contribution < 1.29 is 0 Å². The van der Waals surface area contributed by atoms with E-state index in [4.69, 9.17) is 0 Å². The van der Waals surface area contributed by atoms with Crippen LogP contribution in [0.5, 0.6) is 0 Å². The summed E-state index contributed by atoms with van der Waals surface area (Å²) in [5.74, 6) is 0.911. The third kappa shape index (κ3) is 3.26. The van der Waals surface area contributed by atoms with Gasteiger partial charge in [0.15, 0.2) is 5.82 Å². The van der Waals surface area contributed by atoms with Gasteiger partial charge in [0.05, 0.1) is 24.0 Å². The highest BCUT2D eigenvalue weighted by Crippen LogP contribution is 2.28. The fourth-order valence-corrected chi connectivity index (χ4v) is 4.01. The fraction of sp³-hybridized carbons (Fsp3) is 0.286. The number of hydrogen-bond donors (Lipinski definition) is 0. The molecule has 4 aromatic heterocycles. The monoisotopic (exact) mass is 387 g/mol. The molecule has 1 aliphatic heterocycles. The molecule has 0 aromatic carbocycles. The summed E-state index contributed by atoms with van der Waals surface area (Å²) in [5, 5.41) is 9.10. The number of aromatic nitrogens is 6. The molecule has 8 nitrogen and oxygen atoms in total. The first kappa shape index (κ1) is 17.5. The highest BCUT2D eigenvalue weighted by atomic mass is 16.1. The molecule has 5 rings (SSSR count). The Kier molecular flexibility index (Phi) is 4.31. The van der Waals surface area contributed by atoms with Crippen molar-refractivity contribution >= 4 is 11.3 Å². The van der Waals surface area contributed by atoms with Crippen LogP contribution in [-0.4, -0.2) is 41.9 Å². The highest BCUT2D eigenvalue weighted by molar-refractivity contribution is 5.69. The molecule has 8 heteroatoms. The van der Waals surface area contributed by atoms with E-state index in [1.807, 2.05) is 35.8 Å². The first-order valence-corrected chi connectivity index (χ1v) is 9.75. The van der Waals surface area contributed by atoms with E-state index in [1.165, 1.54) is 0 Å². The number of nitrogens with zero attached hydrogens (tertiary/aromatic N) is 7. The minimum Gasteiger partial charge on any atom is -0.350 e. The summed E-state index contributed by atoms with van der Waals surface area (Å²) in [6, 6.07) is 9.34. The van der Waals surface area contributed by atoms with Crippen molar-refractivity contribution in [3.05, 3.63) is 71.2 Å². The van der Waals surface area contributed by atoms with Gasteiger partial charge in [-0.2, -0.15) is 10.2 Å². The lowest BCUT2D eigenvalue weighted by Gasteiger charge is -2.26. The van der Waals surface area contributed by atoms with Gasteiger partial charge in [0.25, 0.3) is 5.56 Å². The lowest BCUT2D eigenvalue weighted by molar-refractivity contribution is 0.489. The summed E-state index contributed by atoms with van der Waals surface area (Å²) >= 11 is 0. The van der Waals surface area contributed by atoms with E-state index >= 15 is 0 Å². The predicted molar refractivity (Wildman–Crippen MR) is 110 cm³/mol. The second kappa shape index (κ2) is 7.12. The molecule has 146 valence electrons. The van der Waals surface area contributed by atoms with E-state index in [-0.39, 0.29) is 11.6 Å². The molecule has 1 saturated heterocycles. The van der Waals surface area contributed by atoms with Crippen LogP contribution in [0.15, 0.2) is 59.9 Å². The molecule has 0 bridgehead atoms. The topological polar surface area (TPSA) is 81.2 Å². The molecule has 5 heterocycles. The average Bonchev–Trinajstić information content (AvgIpc) is 3.35. The van der Waals surface area contributed by atoms with Gasteiger partial charge in [0.2, 0.25) is 0 Å². The summed E-state index contributed by atoms with van der Waals surface area (Å²) in [5.41, 5.74) is 3.56. The lowest BCUT2D eigenvalue weighted by atomic mass is 10.2. The van der Waals surface area contributed by atoms with Crippen molar-refractivity contribution in [1.29, 1.82) is 0 Å². The zero-order valence-electron chi connectivity index (χ0n) is 16.1. The molecule has 0 radical (unpaired) electrons. The van der Waals surface area contributed by atoms with Crippen LogP contribution >= 0.6 is 0 Å². The Labute approximate surface area is 167 Å². The fourth-order valence-electron chi connectivity index (χ4n) is 4.01. The van der Waals surface area contributed by atoms with Crippen LogP contribution in [0.3, 0.4) is 0 Å². The summed E-state index contributed by atoms with van der Waals surface area (Å²) in [6.07, 6.45) is 9.14. The van der Waals surface area contributed by atoms with Gasteiger partial charge in [-0.15, -0.1) is 0 Å². The Morgan fingerprint density at radius 3 is 2.83 bits per heavy atom. The number of aryl methyl sites for hydroxylation is 1. The summed E-state index contributed by atoms with van der Waals surface area (Å²) in [4.78, 5) is 23.4. The van der Waals surface area contributed by atoms with E-state index in [0.29, 0.717) is 6.54 Å². The maximum absolute atomic E-state index is 12.5. The van der Waals surface area contributed by atoms with Crippen LogP contribution in [0, 0.1) is 6.92 Å². The normalized spacial score (nSPS) is 16.6. The molecule has 4 aromatic rings. The largest absolute Gasteiger partial charge is 0.350 e. The lowest BCUT2D eigenvalue weighted by Crippen LogP contribution is -2.37. The minimum atomic E-state index is -0.0963. The van der Waals surface area contributed by atoms with Crippen molar-refractivity contribution in [2.24, 2.45) is 0 Å². The van der Waals surface area contributed by atoms with E-state index in [9.17, 15) is 4.79 Å². The molecule has 1 unspecified atom stereocenters. The Balaban J connectivity index is 1.48. The minimum absolute atomic E-state index is 0.0963. The highest BCUT2D eigenvalue weighted by Gasteiger charge is 2.28. The number of hydrogen-bond acceptors (Lipinski definition) is 6. The molecule has 0 aliphatic carbocycles. The van der Waals surface area contributed by atoms with Crippen LogP contribution < -0.4 is 10.5 Å². The average molecular weight is 387 g/mol. The number of pyridine rings is 1. The molecule has 1 atom stereocenters. The number of fused-ring (bicyclic) bond motifs is 1. The Bertz CT molecular complexity index is 1210. The first-order chi connectivity index (χ1) is 14.2. The van der Waals surface area contributed by atoms with E-state index < -0.39 is 0 Å². The third-order valence-electron chi connectivity index (χ3n) is 5.37. The molecule has 1 aliphatic rings. The SMILES string of the molecule is Cc1cc2c(N3CCCC3Cn3nc(-c4ccncc4)ccc3=O)nccn2n1. The van der Waals surface area contributed by atoms with Crippen LogP contribution in [0.2, 0.25) is 0 Å². The molecule has 29 heavy (non-hydrogen) atoms. The van der Waals surface area contributed by atoms with Gasteiger partial charge in [-0.25, -0.2) is 14.2 Å². The standard InChI is InChI=1S/C21H21N7O/c1-15-13-19-21(23-10-12-27(19)24-15)26-11-2-3-17(26)14-28-20(29)5-4-18(25-28)16-6-8-22-9-7-16/h4-10,12-13,17H,2-3,11,14H2,1H3. The van der Waals surface area contributed by atoms with Gasteiger partial charge in [0, 0.05) is 43.0 Å². The van der Waals surface area contributed by atoms with Crippen LogP contribution in [-0.2, 0) is 6.54 Å². The maximum atomic E-state index is 12.5. The molecule has 0 spiro atoms. The van der Waals surface area contributed by atoms with Gasteiger partial charge in [-0.1, -0.05) is 0 Å². The van der Waals surface area contributed by atoms with Gasteiger partial charge in [-0.3, -0.25) is 9.78 Å². The molecule has 0 N–H and O–H groups in total. The summed E-state index contributed by atoms with van der Waals surface area (Å²) in [6.45, 7) is 3.40. The van der Waals surface area contributed by atoms with Crippen LogP contribution in [0.4, 0.5) is 5.82 Å². The maximum Gasteiger partial charge on any atom is 0.266 e. The van der Waals surface area contributed by atoms with Crippen molar-refractivity contribution in [2.75, 3.05) is 11.4 Å². The predicted octanol–water partition coefficient (Wildman–Crippen LogP) is 2.33. The van der Waals surface area contributed by atoms with Gasteiger partial charge < -0.3 is 4.90 Å². The number of rotatable bonds is 4. The van der Waals surface area contributed by atoms with Crippen molar-refractivity contribution in [3.63, 3.8) is 0 Å². The van der Waals surface area contributed by atoms with Gasteiger partial charge in [0.1, 0.15) is 5.52 Å². The first-order valence-electron chi connectivity index (χ1n) is 9.75. The smallest absolute Gasteiger partial charge is 0.266 e. The van der Waals surface area contributed by atoms with Gasteiger partial charge >= 0.3 is 0 Å². The van der Waals surface area contributed by atoms with E-state index in [0.717, 1.165) is 47.7 Å². The summed E-state index contributed by atoms with van der Waals surface area (Å²) < 4.78 is 3.43. The van der Waals surface area contributed by atoms with Gasteiger partial charge in [-0.05, 0) is 44.0 Å². The van der Waals surface area contributed by atoms with Crippen molar-refractivity contribution in [2.45, 2.75) is 32.4 Å². The number of anilines is 1. The zero-order valence-corrected chi connectivity index (χ0v) is 16.1. The zero-order chi connectivity index (χ0) is 19.8. The van der Waals surface area contributed by atoms with Crippen molar-refractivity contribution in [3.8, 4) is 11.3 Å². The van der Waals surface area contributed by atoms with E-state index in [2.05, 4.69) is 25.1 Å². The third-order valence-corrected chi connectivity index (χ3v) is 5.37. The quantitative estimate of drug-likeness (QED) is 0.535. The van der Waals surface area contributed by atoms with Crippen LogP contribution in [0.1, 0.15) is 18.5 Å². The molecular weight excluding hydrogens is 366 g/mol. The second-order valence-corrected chi connectivity index (χ2v) is 7.33. The van der Waals surface area contributed by atoms with Crippen LogP contribution in [0.25, 0.3) is 16.8 Å². The van der Waals surface area contributed by atoms with Crippen molar-refractivity contribution in [1.82, 2.24) is 29.4 Å². The second-order valence-electron chi connectivity index (χ2n) is 7.33.